The quantitative estimate of drug-likeness (QED) is 0.534. The molecule has 2 N–H and O–H groups in total. The first-order valence-corrected chi connectivity index (χ1v) is 10.5. The average Bonchev–Trinajstić information content (AvgIpc) is 2.74. The van der Waals surface area contributed by atoms with E-state index in [1.165, 1.54) is 24.3 Å². The third-order valence-corrected chi connectivity index (χ3v) is 5.36. The molecule has 0 aliphatic carbocycles. The lowest BCUT2D eigenvalue weighted by Gasteiger charge is -2.33. The van der Waals surface area contributed by atoms with E-state index in [9.17, 15) is 19.7 Å². The van der Waals surface area contributed by atoms with Crippen molar-refractivity contribution in [3.8, 4) is 0 Å². The van der Waals surface area contributed by atoms with Crippen molar-refractivity contribution < 1.29 is 14.5 Å². The maximum absolute atomic E-state index is 12.9. The molecule has 1 saturated heterocycles. The number of rotatable bonds is 6. The fraction of sp³-hybridized carbons (Fsp3) is 0.391. The molecule has 0 atom stereocenters. The number of carbonyl (C=O) groups is 2. The number of nitro groups is 1. The van der Waals surface area contributed by atoms with E-state index >= 15 is 0 Å². The number of nitrogens with one attached hydrogen (secondary N) is 2. The molecule has 1 aliphatic rings. The van der Waals surface area contributed by atoms with Crippen molar-refractivity contribution in [3.05, 3.63) is 63.7 Å². The highest BCUT2D eigenvalue weighted by Crippen LogP contribution is 2.29. The highest BCUT2D eigenvalue weighted by Gasteiger charge is 2.22. The van der Waals surface area contributed by atoms with Gasteiger partial charge in [0.15, 0.2) is 0 Å². The minimum Gasteiger partial charge on any atom is -0.371 e. The minimum atomic E-state index is -0.542. The van der Waals surface area contributed by atoms with E-state index in [1.807, 2.05) is 19.9 Å². The predicted molar refractivity (Wildman–Crippen MR) is 121 cm³/mol. The second kappa shape index (κ2) is 9.59. The number of non-ortho nitro benzene ring substituents is 1. The molecule has 0 aromatic heterocycles. The fourth-order valence-electron chi connectivity index (χ4n) is 3.62. The number of amides is 2. The number of benzene rings is 2. The van der Waals surface area contributed by atoms with Crippen LogP contribution in [0.15, 0.2) is 42.5 Å². The standard InChI is InChI=1S/C23H28N4O4/c1-15(2)24-23(29)20-14-18(7-8-21(20)26-11-9-16(3)10-12-26)25-22(28)17-5-4-6-19(13-17)27(30)31/h4-8,13-16H,9-12H2,1-3H3,(H,24,29)(H,25,28). The number of nitrogens with zero attached hydrogens (tertiary/aromatic N) is 2. The maximum atomic E-state index is 12.9. The molecule has 0 spiro atoms. The lowest BCUT2D eigenvalue weighted by molar-refractivity contribution is -0.384. The normalized spacial score (nSPS) is 14.4. The number of nitro benzene ring substituents is 1. The van der Waals surface area contributed by atoms with Gasteiger partial charge in [-0.25, -0.2) is 0 Å². The summed E-state index contributed by atoms with van der Waals surface area (Å²) in [5.41, 5.74) is 1.83. The minimum absolute atomic E-state index is 0.0233. The lowest BCUT2D eigenvalue weighted by atomic mass is 9.97. The van der Waals surface area contributed by atoms with Gasteiger partial charge in [-0.1, -0.05) is 13.0 Å². The molecule has 8 nitrogen and oxygen atoms in total. The third kappa shape index (κ3) is 5.59. The van der Waals surface area contributed by atoms with Gasteiger partial charge in [-0.2, -0.15) is 0 Å². The van der Waals surface area contributed by atoms with E-state index in [-0.39, 0.29) is 23.2 Å². The SMILES string of the molecule is CC1CCN(c2ccc(NC(=O)c3cccc([N+](=O)[O-])c3)cc2C(=O)NC(C)C)CC1. The van der Waals surface area contributed by atoms with Crippen LogP contribution in [-0.4, -0.2) is 35.9 Å². The Hall–Kier alpha value is -3.42. The molecule has 1 heterocycles. The van der Waals surface area contributed by atoms with Gasteiger partial charge in [0.25, 0.3) is 17.5 Å². The largest absolute Gasteiger partial charge is 0.371 e. The number of hydrogen-bond acceptors (Lipinski definition) is 5. The van der Waals surface area contributed by atoms with Gasteiger partial charge in [-0.15, -0.1) is 0 Å². The summed E-state index contributed by atoms with van der Waals surface area (Å²) < 4.78 is 0. The van der Waals surface area contributed by atoms with E-state index in [0.717, 1.165) is 31.6 Å². The second-order valence-electron chi connectivity index (χ2n) is 8.29. The van der Waals surface area contributed by atoms with Crippen molar-refractivity contribution in [3.63, 3.8) is 0 Å². The van der Waals surface area contributed by atoms with Crippen molar-refractivity contribution >= 4 is 28.9 Å². The van der Waals surface area contributed by atoms with E-state index in [1.54, 1.807) is 12.1 Å². The summed E-state index contributed by atoms with van der Waals surface area (Å²) in [6, 6.07) is 10.8. The van der Waals surface area contributed by atoms with E-state index in [4.69, 9.17) is 0 Å². The van der Waals surface area contributed by atoms with Gasteiger partial charge in [0, 0.05) is 48.2 Å². The Balaban J connectivity index is 1.87. The molecule has 1 aliphatic heterocycles. The number of anilines is 2. The summed E-state index contributed by atoms with van der Waals surface area (Å²) in [5.74, 6) is -0.00813. The highest BCUT2D eigenvalue weighted by atomic mass is 16.6. The van der Waals surface area contributed by atoms with Gasteiger partial charge in [-0.05, 0) is 56.9 Å². The van der Waals surface area contributed by atoms with E-state index in [2.05, 4.69) is 22.5 Å². The molecule has 0 radical (unpaired) electrons. The molecular weight excluding hydrogens is 396 g/mol. The van der Waals surface area contributed by atoms with Crippen LogP contribution >= 0.6 is 0 Å². The van der Waals surface area contributed by atoms with Crippen molar-refractivity contribution in [1.29, 1.82) is 0 Å². The van der Waals surface area contributed by atoms with Crippen LogP contribution in [0.3, 0.4) is 0 Å². The van der Waals surface area contributed by atoms with E-state index < -0.39 is 10.8 Å². The van der Waals surface area contributed by atoms with Gasteiger partial charge in [0.2, 0.25) is 0 Å². The Morgan fingerprint density at radius 1 is 1.10 bits per heavy atom. The van der Waals surface area contributed by atoms with Crippen molar-refractivity contribution in [2.24, 2.45) is 5.92 Å². The van der Waals surface area contributed by atoms with Crippen LogP contribution < -0.4 is 15.5 Å². The summed E-state index contributed by atoms with van der Waals surface area (Å²) in [7, 11) is 0. The summed E-state index contributed by atoms with van der Waals surface area (Å²) >= 11 is 0. The molecule has 8 heteroatoms. The van der Waals surface area contributed by atoms with Crippen molar-refractivity contribution in [2.45, 2.75) is 39.7 Å². The lowest BCUT2D eigenvalue weighted by Crippen LogP contribution is -2.36. The third-order valence-electron chi connectivity index (χ3n) is 5.36. The predicted octanol–water partition coefficient (Wildman–Crippen LogP) is 4.22. The molecule has 0 unspecified atom stereocenters. The molecule has 2 amide bonds. The van der Waals surface area contributed by atoms with Gasteiger partial charge in [0.05, 0.1) is 10.5 Å². The van der Waals surface area contributed by atoms with Crippen molar-refractivity contribution in [2.75, 3.05) is 23.3 Å². The molecule has 0 saturated carbocycles. The molecule has 31 heavy (non-hydrogen) atoms. The van der Waals surface area contributed by atoms with Crippen molar-refractivity contribution in [1.82, 2.24) is 5.32 Å². The van der Waals surface area contributed by atoms with Crippen LogP contribution in [0.25, 0.3) is 0 Å². The Morgan fingerprint density at radius 3 is 2.45 bits per heavy atom. The van der Waals surface area contributed by atoms with Gasteiger partial charge in [0.1, 0.15) is 0 Å². The van der Waals surface area contributed by atoms with Gasteiger partial charge >= 0.3 is 0 Å². The number of hydrogen-bond donors (Lipinski definition) is 2. The zero-order valence-electron chi connectivity index (χ0n) is 18.1. The molecule has 2 aromatic rings. The summed E-state index contributed by atoms with van der Waals surface area (Å²) in [6.45, 7) is 7.78. The molecule has 1 fully saturated rings. The Bertz CT molecular complexity index is 981. The molecule has 0 bridgehead atoms. The first-order valence-electron chi connectivity index (χ1n) is 10.5. The highest BCUT2D eigenvalue weighted by molar-refractivity contribution is 6.06. The Kier molecular flexibility index (Phi) is 6.89. The number of carbonyl (C=O) groups excluding carboxylic acids is 2. The average molecular weight is 425 g/mol. The molecule has 164 valence electrons. The van der Waals surface area contributed by atoms with Crippen LogP contribution in [0.4, 0.5) is 17.1 Å². The smallest absolute Gasteiger partial charge is 0.270 e. The van der Waals surface area contributed by atoms with Gasteiger partial charge < -0.3 is 15.5 Å². The molecule has 3 rings (SSSR count). The summed E-state index contributed by atoms with van der Waals surface area (Å²) in [4.78, 5) is 38.2. The van der Waals surface area contributed by atoms with Crippen LogP contribution in [0.5, 0.6) is 0 Å². The fourth-order valence-corrected chi connectivity index (χ4v) is 3.62. The summed E-state index contributed by atoms with van der Waals surface area (Å²) in [5, 5.41) is 16.7. The first-order chi connectivity index (χ1) is 14.7. The Labute approximate surface area is 181 Å². The maximum Gasteiger partial charge on any atom is 0.270 e. The molecule has 2 aromatic carbocycles. The van der Waals surface area contributed by atoms with Crippen LogP contribution in [0.1, 0.15) is 54.3 Å². The zero-order chi connectivity index (χ0) is 22.5. The van der Waals surface area contributed by atoms with Crippen LogP contribution in [-0.2, 0) is 0 Å². The van der Waals surface area contributed by atoms with E-state index in [0.29, 0.717) is 17.2 Å². The number of piperidine rings is 1. The van der Waals surface area contributed by atoms with Crippen LogP contribution in [0, 0.1) is 16.0 Å². The Morgan fingerprint density at radius 2 is 1.81 bits per heavy atom. The zero-order valence-corrected chi connectivity index (χ0v) is 18.1. The monoisotopic (exact) mass is 424 g/mol. The second-order valence-corrected chi connectivity index (χ2v) is 8.29. The molecular formula is C23H28N4O4. The van der Waals surface area contributed by atoms with Crippen LogP contribution in [0.2, 0.25) is 0 Å². The summed E-state index contributed by atoms with van der Waals surface area (Å²) in [6.07, 6.45) is 2.13. The first kappa shape index (κ1) is 22.3. The topological polar surface area (TPSA) is 105 Å². The van der Waals surface area contributed by atoms with Gasteiger partial charge in [-0.3, -0.25) is 19.7 Å².